The van der Waals surface area contributed by atoms with E-state index in [2.05, 4.69) is 5.32 Å². The molecule has 0 unspecified atom stereocenters. The van der Waals surface area contributed by atoms with Gasteiger partial charge in [-0.15, -0.1) is 0 Å². The molecule has 0 radical (unpaired) electrons. The summed E-state index contributed by atoms with van der Waals surface area (Å²) in [5.74, 6) is -0.0497. The Bertz CT molecular complexity index is 1650. The molecule has 3 aromatic carbocycles. The van der Waals surface area contributed by atoms with Crippen LogP contribution in [-0.4, -0.2) is 50.0 Å². The molecule has 2 N–H and O–H groups in total. The molecule has 2 heterocycles. The smallest absolute Gasteiger partial charge is 0.328 e. The second kappa shape index (κ2) is 10.3. The van der Waals surface area contributed by atoms with E-state index in [1.54, 1.807) is 11.9 Å². The molecule has 0 aliphatic carbocycles. The van der Waals surface area contributed by atoms with Crippen LogP contribution in [0.4, 0.5) is 4.79 Å². The molecule has 1 aliphatic heterocycles. The Morgan fingerprint density at radius 3 is 2.42 bits per heavy atom. The first-order valence-corrected chi connectivity index (χ1v) is 14.1. The Kier molecular flexibility index (Phi) is 7.09. The van der Waals surface area contributed by atoms with Crippen LogP contribution in [0.15, 0.2) is 71.6 Å². The zero-order valence-electron chi connectivity index (χ0n) is 20.4. The van der Waals surface area contributed by atoms with Crippen molar-refractivity contribution in [3.05, 3.63) is 93.6 Å². The number of halogens is 2. The third-order valence-corrected chi connectivity index (χ3v) is 8.45. The number of urea groups is 1. The van der Waals surface area contributed by atoms with Gasteiger partial charge in [-0.1, -0.05) is 41.4 Å². The van der Waals surface area contributed by atoms with E-state index in [1.165, 1.54) is 24.3 Å². The number of sulfonamides is 1. The van der Waals surface area contributed by atoms with Crippen molar-refractivity contribution in [2.24, 2.45) is 0 Å². The van der Waals surface area contributed by atoms with E-state index < -0.39 is 16.1 Å². The lowest BCUT2D eigenvalue weighted by atomic mass is 10.0. The number of nitrogens with one attached hydrogen (secondary N) is 2. The van der Waals surface area contributed by atoms with Crippen molar-refractivity contribution in [1.82, 2.24) is 19.5 Å². The molecule has 1 aromatic heterocycles. The summed E-state index contributed by atoms with van der Waals surface area (Å²) in [6, 6.07) is 18.0. The van der Waals surface area contributed by atoms with Crippen LogP contribution in [0.3, 0.4) is 0 Å². The van der Waals surface area contributed by atoms with E-state index in [0.717, 1.165) is 34.1 Å². The molecule has 1 aliphatic rings. The zero-order chi connectivity index (χ0) is 27.0. The van der Waals surface area contributed by atoms with E-state index in [9.17, 15) is 18.0 Å². The Labute approximate surface area is 230 Å². The topological polar surface area (TPSA) is 101 Å². The molecular formula is C27H24Cl2N4O4S. The molecule has 11 heteroatoms. The molecule has 0 saturated carbocycles. The van der Waals surface area contributed by atoms with Crippen molar-refractivity contribution in [3.8, 4) is 5.69 Å². The van der Waals surface area contributed by atoms with Crippen molar-refractivity contribution in [1.29, 1.82) is 0 Å². The maximum Gasteiger partial charge on any atom is 0.328 e. The van der Waals surface area contributed by atoms with Crippen LogP contribution in [0.2, 0.25) is 10.0 Å². The van der Waals surface area contributed by atoms with Crippen molar-refractivity contribution in [2.75, 3.05) is 20.1 Å². The number of amides is 3. The van der Waals surface area contributed by atoms with Crippen LogP contribution in [0.25, 0.3) is 16.6 Å². The highest BCUT2D eigenvalue weighted by Gasteiger charge is 2.30. The van der Waals surface area contributed by atoms with Gasteiger partial charge in [0.05, 0.1) is 15.4 Å². The van der Waals surface area contributed by atoms with Gasteiger partial charge in [-0.05, 0) is 72.5 Å². The lowest BCUT2D eigenvalue weighted by Gasteiger charge is -2.24. The summed E-state index contributed by atoms with van der Waals surface area (Å²) < 4.78 is 28.6. The summed E-state index contributed by atoms with van der Waals surface area (Å²) in [7, 11) is -2.21. The normalized spacial score (nSPS) is 13.4. The van der Waals surface area contributed by atoms with E-state index in [1.807, 2.05) is 51.8 Å². The number of aromatic nitrogens is 1. The molecule has 38 heavy (non-hydrogen) atoms. The van der Waals surface area contributed by atoms with E-state index in [4.69, 9.17) is 23.2 Å². The molecule has 0 bridgehead atoms. The van der Waals surface area contributed by atoms with Crippen LogP contribution in [-0.2, 0) is 22.9 Å². The second-order valence-corrected chi connectivity index (χ2v) is 11.5. The summed E-state index contributed by atoms with van der Waals surface area (Å²) in [5.41, 5.74) is 4.21. The molecule has 196 valence electrons. The SMILES string of the molecule is CN1CCc2c(n(-c3ccc(CCNC(=O)NS(=O)(=O)c4ccc(Cl)cc4)cc3)c3cccc(Cl)c23)C1=O. The molecule has 4 aromatic rings. The van der Waals surface area contributed by atoms with Crippen molar-refractivity contribution in [2.45, 2.75) is 17.7 Å². The number of hydrogen-bond donors (Lipinski definition) is 2. The molecule has 0 saturated heterocycles. The zero-order valence-corrected chi connectivity index (χ0v) is 22.7. The molecule has 0 atom stereocenters. The molecular weight excluding hydrogens is 547 g/mol. The van der Waals surface area contributed by atoms with E-state index in [0.29, 0.717) is 28.7 Å². The molecule has 8 nitrogen and oxygen atoms in total. The molecule has 3 amide bonds. The highest BCUT2D eigenvalue weighted by atomic mass is 35.5. The first kappa shape index (κ1) is 26.1. The summed E-state index contributed by atoms with van der Waals surface area (Å²) >= 11 is 12.3. The fourth-order valence-electron chi connectivity index (χ4n) is 4.63. The maximum absolute atomic E-state index is 13.1. The number of carbonyl (C=O) groups is 2. The first-order chi connectivity index (χ1) is 18.2. The van der Waals surface area contributed by atoms with Gasteiger partial charge in [0.2, 0.25) is 0 Å². The average molecular weight is 571 g/mol. The summed E-state index contributed by atoms with van der Waals surface area (Å²) in [4.78, 5) is 27.0. The van der Waals surface area contributed by atoms with Gasteiger partial charge < -0.3 is 14.8 Å². The summed E-state index contributed by atoms with van der Waals surface area (Å²) in [6.45, 7) is 0.860. The van der Waals surface area contributed by atoms with Crippen molar-refractivity contribution < 1.29 is 18.0 Å². The Morgan fingerprint density at radius 1 is 1.00 bits per heavy atom. The second-order valence-electron chi connectivity index (χ2n) is 9.01. The van der Waals surface area contributed by atoms with Gasteiger partial charge >= 0.3 is 6.03 Å². The van der Waals surface area contributed by atoms with Crippen LogP contribution in [0, 0.1) is 0 Å². The highest BCUT2D eigenvalue weighted by Crippen LogP contribution is 2.37. The average Bonchev–Trinajstić information content (AvgIpc) is 3.23. The summed E-state index contributed by atoms with van der Waals surface area (Å²) in [5, 5.41) is 4.48. The predicted molar refractivity (Wildman–Crippen MR) is 148 cm³/mol. The van der Waals surface area contributed by atoms with Gasteiger partial charge in [-0.3, -0.25) is 4.79 Å². The third kappa shape index (κ3) is 4.97. The maximum atomic E-state index is 13.1. The number of nitrogens with zero attached hydrogens (tertiary/aromatic N) is 2. The van der Waals surface area contributed by atoms with Crippen LogP contribution in [0.1, 0.15) is 21.6 Å². The fourth-order valence-corrected chi connectivity index (χ4v) is 5.97. The van der Waals surface area contributed by atoms with Gasteiger partial charge in [-0.25, -0.2) is 17.9 Å². The first-order valence-electron chi connectivity index (χ1n) is 11.9. The van der Waals surface area contributed by atoms with Crippen LogP contribution in [0.5, 0.6) is 0 Å². The number of rotatable bonds is 6. The van der Waals surface area contributed by atoms with Gasteiger partial charge in [0.1, 0.15) is 5.69 Å². The number of hydrogen-bond acceptors (Lipinski definition) is 4. The van der Waals surface area contributed by atoms with Gasteiger partial charge in [0.15, 0.2) is 0 Å². The van der Waals surface area contributed by atoms with Crippen LogP contribution < -0.4 is 10.0 Å². The number of benzene rings is 3. The van der Waals surface area contributed by atoms with Gasteiger partial charge in [0.25, 0.3) is 15.9 Å². The standard InChI is InChI=1S/C27H24Cl2N4O4S/c1-32-16-14-21-24-22(29)3-2-4-23(24)33(25(21)26(32)34)19-9-5-17(6-10-19)13-15-30-27(35)31-38(36,37)20-11-7-18(28)8-12-20/h2-12H,13-16H2,1H3,(H2,30,31,35). The molecule has 5 rings (SSSR count). The number of likely N-dealkylation sites (N-methyl/N-ethyl adjacent to an activating group) is 1. The largest absolute Gasteiger partial charge is 0.340 e. The minimum Gasteiger partial charge on any atom is -0.340 e. The lowest BCUT2D eigenvalue weighted by Crippen LogP contribution is -2.40. The quantitative estimate of drug-likeness (QED) is 0.348. The minimum absolute atomic E-state index is 0.0497. The minimum atomic E-state index is -4.00. The monoisotopic (exact) mass is 570 g/mol. The summed E-state index contributed by atoms with van der Waals surface area (Å²) in [6.07, 6.45) is 1.21. The lowest BCUT2D eigenvalue weighted by molar-refractivity contribution is 0.0773. The van der Waals surface area contributed by atoms with Crippen molar-refractivity contribution in [3.63, 3.8) is 0 Å². The molecule has 0 fully saturated rings. The molecule has 0 spiro atoms. The van der Waals surface area contributed by atoms with E-state index >= 15 is 0 Å². The predicted octanol–water partition coefficient (Wildman–Crippen LogP) is 4.80. The Hall–Kier alpha value is -3.53. The number of carbonyl (C=O) groups excluding carboxylic acids is 2. The van der Waals surface area contributed by atoms with Crippen LogP contribution >= 0.6 is 23.2 Å². The van der Waals surface area contributed by atoms with Gasteiger partial charge in [0, 0.05) is 36.2 Å². The fraction of sp³-hybridized carbons (Fsp3) is 0.185. The van der Waals surface area contributed by atoms with E-state index in [-0.39, 0.29) is 17.3 Å². The van der Waals surface area contributed by atoms with Gasteiger partial charge in [-0.2, -0.15) is 0 Å². The number of fused-ring (bicyclic) bond motifs is 3. The third-order valence-electron chi connectivity index (χ3n) is 6.54. The Morgan fingerprint density at radius 2 is 1.71 bits per heavy atom. The Balaban J connectivity index is 1.29. The highest BCUT2D eigenvalue weighted by molar-refractivity contribution is 7.90. The van der Waals surface area contributed by atoms with Crippen molar-refractivity contribution >= 4 is 56.1 Å².